The van der Waals surface area contributed by atoms with Gasteiger partial charge in [-0.15, -0.1) is 0 Å². The summed E-state index contributed by atoms with van der Waals surface area (Å²) in [6, 6.07) is 0.410. The molecule has 0 radical (unpaired) electrons. The number of nitrogens with two attached hydrogens (primary N) is 1. The molecule has 1 rings (SSSR count). The van der Waals surface area contributed by atoms with Gasteiger partial charge in [0.2, 0.25) is 0 Å². The maximum absolute atomic E-state index is 5.97. The molecule has 1 aliphatic rings. The van der Waals surface area contributed by atoms with E-state index in [1.54, 1.807) is 0 Å². The lowest BCUT2D eigenvalue weighted by atomic mass is 10.1. The third kappa shape index (κ3) is 3.55. The molecule has 2 N–H and O–H groups in total. The standard InChI is InChI=1S/C10H22N2/c1-2-6-10(11)9-12-7-4-3-5-8-12/h10H,2-9,11H2,1H3/t10-/m1/s1. The Bertz CT molecular complexity index is 108. The normalized spacial score (nSPS) is 22.5. The third-order valence-electron chi connectivity index (χ3n) is 2.60. The van der Waals surface area contributed by atoms with Gasteiger partial charge in [0, 0.05) is 12.6 Å². The first kappa shape index (κ1) is 10.0. The molecule has 1 fully saturated rings. The van der Waals surface area contributed by atoms with Crippen LogP contribution in [-0.2, 0) is 0 Å². The summed E-state index contributed by atoms with van der Waals surface area (Å²) in [4.78, 5) is 2.52. The molecule has 0 aromatic rings. The Morgan fingerprint density at radius 2 is 1.92 bits per heavy atom. The molecule has 0 saturated carbocycles. The molecule has 0 aromatic carbocycles. The molecule has 2 heteroatoms. The maximum Gasteiger partial charge on any atom is 0.0167 e. The Kier molecular flexibility index (Phi) is 4.62. The number of likely N-dealkylation sites (tertiary alicyclic amines) is 1. The van der Waals surface area contributed by atoms with Crippen LogP contribution in [0, 0.1) is 0 Å². The molecule has 0 amide bonds. The molecule has 0 unspecified atom stereocenters. The van der Waals surface area contributed by atoms with Crippen LogP contribution in [0.4, 0.5) is 0 Å². The van der Waals surface area contributed by atoms with Gasteiger partial charge in [-0.05, 0) is 32.4 Å². The largest absolute Gasteiger partial charge is 0.327 e. The lowest BCUT2D eigenvalue weighted by Crippen LogP contribution is -2.40. The molecule has 12 heavy (non-hydrogen) atoms. The molecule has 0 aromatic heterocycles. The fraction of sp³-hybridized carbons (Fsp3) is 1.00. The Hall–Kier alpha value is -0.0800. The lowest BCUT2D eigenvalue weighted by Gasteiger charge is -2.28. The van der Waals surface area contributed by atoms with Crippen molar-refractivity contribution >= 4 is 0 Å². The van der Waals surface area contributed by atoms with Crippen molar-refractivity contribution < 1.29 is 0 Å². The predicted octanol–water partition coefficient (Wildman–Crippen LogP) is 1.60. The van der Waals surface area contributed by atoms with Crippen molar-refractivity contribution in [3.05, 3.63) is 0 Å². The summed E-state index contributed by atoms with van der Waals surface area (Å²) in [6.07, 6.45) is 6.56. The van der Waals surface area contributed by atoms with Crippen LogP contribution in [0.3, 0.4) is 0 Å². The Morgan fingerprint density at radius 3 is 2.50 bits per heavy atom. The van der Waals surface area contributed by atoms with Gasteiger partial charge in [0.25, 0.3) is 0 Å². The van der Waals surface area contributed by atoms with Gasteiger partial charge in [-0.25, -0.2) is 0 Å². The first-order chi connectivity index (χ1) is 5.83. The van der Waals surface area contributed by atoms with Crippen molar-refractivity contribution in [2.24, 2.45) is 5.73 Å². The molecule has 0 aliphatic carbocycles. The first-order valence-corrected chi connectivity index (χ1v) is 5.31. The summed E-state index contributed by atoms with van der Waals surface area (Å²) in [5, 5.41) is 0. The van der Waals surface area contributed by atoms with E-state index in [1.807, 2.05) is 0 Å². The quantitative estimate of drug-likeness (QED) is 0.694. The van der Waals surface area contributed by atoms with Crippen LogP contribution in [0.15, 0.2) is 0 Å². The van der Waals surface area contributed by atoms with E-state index < -0.39 is 0 Å². The molecular formula is C10H22N2. The number of nitrogens with zero attached hydrogens (tertiary/aromatic N) is 1. The number of hydrogen-bond acceptors (Lipinski definition) is 2. The average Bonchev–Trinajstić information content (AvgIpc) is 2.06. The van der Waals surface area contributed by atoms with E-state index in [0.29, 0.717) is 6.04 Å². The van der Waals surface area contributed by atoms with Gasteiger partial charge in [-0.3, -0.25) is 0 Å². The topological polar surface area (TPSA) is 29.3 Å². The monoisotopic (exact) mass is 170 g/mol. The number of piperidine rings is 1. The molecular weight excluding hydrogens is 148 g/mol. The smallest absolute Gasteiger partial charge is 0.0167 e. The van der Waals surface area contributed by atoms with E-state index in [-0.39, 0.29) is 0 Å². The molecule has 2 nitrogen and oxygen atoms in total. The van der Waals surface area contributed by atoms with E-state index in [4.69, 9.17) is 5.73 Å². The summed E-state index contributed by atoms with van der Waals surface area (Å²) < 4.78 is 0. The third-order valence-corrected chi connectivity index (χ3v) is 2.60. The van der Waals surface area contributed by atoms with Crippen molar-refractivity contribution in [3.8, 4) is 0 Å². The molecule has 1 atom stereocenters. The second kappa shape index (κ2) is 5.55. The molecule has 1 heterocycles. The minimum atomic E-state index is 0.410. The Labute approximate surface area is 76.1 Å². The Balaban J connectivity index is 2.11. The van der Waals surface area contributed by atoms with Gasteiger partial charge < -0.3 is 10.6 Å². The second-order valence-electron chi connectivity index (χ2n) is 3.91. The van der Waals surface area contributed by atoms with Crippen LogP contribution in [0.1, 0.15) is 39.0 Å². The number of hydrogen-bond donors (Lipinski definition) is 1. The SMILES string of the molecule is CCC[C@@H](N)CN1CCCCC1. The summed E-state index contributed by atoms with van der Waals surface area (Å²) in [5.74, 6) is 0. The van der Waals surface area contributed by atoms with Gasteiger partial charge in [0.1, 0.15) is 0 Å². The summed E-state index contributed by atoms with van der Waals surface area (Å²) in [7, 11) is 0. The van der Waals surface area contributed by atoms with Crippen LogP contribution in [-0.4, -0.2) is 30.6 Å². The maximum atomic E-state index is 5.97. The highest BCUT2D eigenvalue weighted by molar-refractivity contribution is 4.70. The van der Waals surface area contributed by atoms with Crippen LogP contribution >= 0.6 is 0 Å². The highest BCUT2D eigenvalue weighted by atomic mass is 15.1. The van der Waals surface area contributed by atoms with Crippen molar-refractivity contribution in [3.63, 3.8) is 0 Å². The van der Waals surface area contributed by atoms with E-state index in [0.717, 1.165) is 6.54 Å². The second-order valence-corrected chi connectivity index (χ2v) is 3.91. The minimum Gasteiger partial charge on any atom is -0.327 e. The van der Waals surface area contributed by atoms with Crippen LogP contribution in [0.2, 0.25) is 0 Å². The zero-order valence-corrected chi connectivity index (χ0v) is 8.26. The van der Waals surface area contributed by atoms with Gasteiger partial charge in [-0.1, -0.05) is 19.8 Å². The zero-order chi connectivity index (χ0) is 8.81. The van der Waals surface area contributed by atoms with Crippen LogP contribution in [0.25, 0.3) is 0 Å². The molecule has 1 saturated heterocycles. The minimum absolute atomic E-state index is 0.410. The van der Waals surface area contributed by atoms with Gasteiger partial charge in [0.15, 0.2) is 0 Å². The van der Waals surface area contributed by atoms with E-state index >= 15 is 0 Å². The predicted molar refractivity (Wildman–Crippen MR) is 53.2 cm³/mol. The van der Waals surface area contributed by atoms with Gasteiger partial charge in [-0.2, -0.15) is 0 Å². The highest BCUT2D eigenvalue weighted by Crippen LogP contribution is 2.09. The fourth-order valence-corrected chi connectivity index (χ4v) is 1.94. The molecule has 1 aliphatic heterocycles. The fourth-order valence-electron chi connectivity index (χ4n) is 1.94. The average molecular weight is 170 g/mol. The zero-order valence-electron chi connectivity index (χ0n) is 8.26. The van der Waals surface area contributed by atoms with E-state index in [9.17, 15) is 0 Å². The van der Waals surface area contributed by atoms with Crippen LogP contribution in [0.5, 0.6) is 0 Å². The number of rotatable bonds is 4. The van der Waals surface area contributed by atoms with Gasteiger partial charge in [0.05, 0.1) is 0 Å². The van der Waals surface area contributed by atoms with Crippen molar-refractivity contribution in [2.45, 2.75) is 45.1 Å². The molecule has 0 bridgehead atoms. The van der Waals surface area contributed by atoms with Gasteiger partial charge >= 0.3 is 0 Å². The lowest BCUT2D eigenvalue weighted by molar-refractivity contribution is 0.213. The van der Waals surface area contributed by atoms with Crippen molar-refractivity contribution in [2.75, 3.05) is 19.6 Å². The molecule has 0 spiro atoms. The summed E-state index contributed by atoms with van der Waals surface area (Å²) >= 11 is 0. The molecule has 72 valence electrons. The first-order valence-electron chi connectivity index (χ1n) is 5.31. The summed E-state index contributed by atoms with van der Waals surface area (Å²) in [6.45, 7) is 5.87. The van der Waals surface area contributed by atoms with E-state index in [2.05, 4.69) is 11.8 Å². The highest BCUT2D eigenvalue weighted by Gasteiger charge is 2.12. The van der Waals surface area contributed by atoms with Crippen molar-refractivity contribution in [1.82, 2.24) is 4.90 Å². The van der Waals surface area contributed by atoms with Crippen molar-refractivity contribution in [1.29, 1.82) is 0 Å². The Morgan fingerprint density at radius 1 is 1.25 bits per heavy atom. The van der Waals surface area contributed by atoms with Crippen LogP contribution < -0.4 is 5.73 Å². The van der Waals surface area contributed by atoms with E-state index in [1.165, 1.54) is 45.2 Å². The summed E-state index contributed by atoms with van der Waals surface area (Å²) in [5.41, 5.74) is 5.97.